The molecule has 0 aliphatic rings. The number of nitrogens with one attached hydrogen (secondary N) is 1. The van der Waals surface area contributed by atoms with E-state index in [1.807, 2.05) is 32.2 Å². The molecular formula is C17H16N4O2S3. The normalized spacial score (nSPS) is 12.9. The van der Waals surface area contributed by atoms with Crippen molar-refractivity contribution in [2.45, 2.75) is 31.2 Å². The minimum atomic E-state index is -0.149. The van der Waals surface area contributed by atoms with E-state index >= 15 is 0 Å². The Kier molecular flexibility index (Phi) is 4.25. The largest absolute Gasteiger partial charge is 0.309 e. The standard InChI is InChI=1S/C17H16N4O2S3/c1-7-8(2)25-15-11(7)14(22)19-13(20-15)9(3)26-17-18-10-5-6-24-12(10)16(23)21(17)4/h5-6,9H,1-4H3,(H,19,20,22). The molecule has 0 bridgehead atoms. The summed E-state index contributed by atoms with van der Waals surface area (Å²) in [4.78, 5) is 38.9. The molecule has 134 valence electrons. The zero-order valence-electron chi connectivity index (χ0n) is 14.6. The van der Waals surface area contributed by atoms with Gasteiger partial charge >= 0.3 is 0 Å². The van der Waals surface area contributed by atoms with Gasteiger partial charge in [0, 0.05) is 11.9 Å². The van der Waals surface area contributed by atoms with Crippen molar-refractivity contribution < 1.29 is 0 Å². The highest BCUT2D eigenvalue weighted by atomic mass is 32.2. The van der Waals surface area contributed by atoms with Crippen LogP contribution in [-0.2, 0) is 7.05 Å². The number of rotatable bonds is 3. The monoisotopic (exact) mass is 404 g/mol. The van der Waals surface area contributed by atoms with E-state index in [1.54, 1.807) is 11.6 Å². The number of fused-ring (bicyclic) bond motifs is 2. The van der Waals surface area contributed by atoms with Crippen LogP contribution in [0.2, 0.25) is 0 Å². The molecule has 0 fully saturated rings. The summed E-state index contributed by atoms with van der Waals surface area (Å²) in [6.45, 7) is 5.89. The Balaban J connectivity index is 1.76. The molecule has 0 saturated heterocycles. The first kappa shape index (κ1) is 17.4. The van der Waals surface area contributed by atoms with Crippen LogP contribution in [0.25, 0.3) is 20.4 Å². The Morgan fingerprint density at radius 1 is 1.27 bits per heavy atom. The number of aryl methyl sites for hydroxylation is 2. The van der Waals surface area contributed by atoms with Crippen LogP contribution in [0.15, 0.2) is 26.2 Å². The molecule has 4 aromatic heterocycles. The molecule has 9 heteroatoms. The van der Waals surface area contributed by atoms with Crippen molar-refractivity contribution >= 4 is 54.9 Å². The van der Waals surface area contributed by atoms with Crippen molar-refractivity contribution in [2.24, 2.45) is 7.05 Å². The van der Waals surface area contributed by atoms with Crippen LogP contribution in [-0.4, -0.2) is 19.5 Å². The molecule has 0 spiro atoms. The van der Waals surface area contributed by atoms with Gasteiger partial charge in [-0.25, -0.2) is 9.97 Å². The Bertz CT molecular complexity index is 1260. The Morgan fingerprint density at radius 3 is 2.81 bits per heavy atom. The van der Waals surface area contributed by atoms with Crippen molar-refractivity contribution in [1.82, 2.24) is 19.5 Å². The third-order valence-corrected chi connectivity index (χ3v) is 7.52. The van der Waals surface area contributed by atoms with Crippen molar-refractivity contribution in [1.29, 1.82) is 0 Å². The lowest BCUT2D eigenvalue weighted by Gasteiger charge is -2.12. The molecule has 6 nitrogen and oxygen atoms in total. The zero-order chi connectivity index (χ0) is 18.6. The molecule has 0 saturated carbocycles. The summed E-state index contributed by atoms with van der Waals surface area (Å²) >= 11 is 4.34. The van der Waals surface area contributed by atoms with Crippen molar-refractivity contribution in [3.8, 4) is 0 Å². The molecule has 0 amide bonds. The zero-order valence-corrected chi connectivity index (χ0v) is 17.1. The maximum atomic E-state index is 12.5. The Labute approximate surface area is 160 Å². The molecule has 1 unspecified atom stereocenters. The highest BCUT2D eigenvalue weighted by Crippen LogP contribution is 2.33. The van der Waals surface area contributed by atoms with E-state index in [0.29, 0.717) is 26.6 Å². The first-order valence-corrected chi connectivity index (χ1v) is 10.5. The quantitative estimate of drug-likeness (QED) is 0.415. The molecule has 4 heterocycles. The van der Waals surface area contributed by atoms with Crippen LogP contribution in [0, 0.1) is 13.8 Å². The van der Waals surface area contributed by atoms with E-state index in [4.69, 9.17) is 0 Å². The maximum absolute atomic E-state index is 12.5. The summed E-state index contributed by atoms with van der Waals surface area (Å²) in [7, 11) is 1.72. The van der Waals surface area contributed by atoms with Gasteiger partial charge in [-0.2, -0.15) is 0 Å². The average Bonchev–Trinajstić information content (AvgIpc) is 3.17. The molecule has 0 aliphatic carbocycles. The fraction of sp³-hybridized carbons (Fsp3) is 0.294. The van der Waals surface area contributed by atoms with E-state index in [9.17, 15) is 9.59 Å². The molecular weight excluding hydrogens is 388 g/mol. The van der Waals surface area contributed by atoms with Crippen LogP contribution < -0.4 is 11.1 Å². The average molecular weight is 405 g/mol. The van der Waals surface area contributed by atoms with Crippen molar-refractivity contribution in [2.75, 3.05) is 0 Å². The fourth-order valence-corrected chi connectivity index (χ4v) is 5.52. The molecule has 4 rings (SSSR count). The van der Waals surface area contributed by atoms with Gasteiger partial charge in [-0.3, -0.25) is 14.2 Å². The predicted octanol–water partition coefficient (Wildman–Crippen LogP) is 3.76. The van der Waals surface area contributed by atoms with E-state index in [1.165, 1.54) is 34.4 Å². The van der Waals surface area contributed by atoms with Gasteiger partial charge in [0.25, 0.3) is 11.1 Å². The van der Waals surface area contributed by atoms with Crippen LogP contribution in [0.5, 0.6) is 0 Å². The second-order valence-corrected chi connectivity index (χ2v) is 9.50. The van der Waals surface area contributed by atoms with Gasteiger partial charge in [0.15, 0.2) is 5.16 Å². The third-order valence-electron chi connectivity index (χ3n) is 4.37. The summed E-state index contributed by atoms with van der Waals surface area (Å²) in [5, 5.41) is 2.99. The number of H-pyrrole nitrogens is 1. The van der Waals surface area contributed by atoms with E-state index < -0.39 is 0 Å². The minimum Gasteiger partial charge on any atom is -0.309 e. The molecule has 1 N–H and O–H groups in total. The van der Waals surface area contributed by atoms with Crippen molar-refractivity contribution in [3.63, 3.8) is 0 Å². The molecule has 4 aromatic rings. The van der Waals surface area contributed by atoms with Gasteiger partial charge in [0.1, 0.15) is 15.4 Å². The molecule has 0 aliphatic heterocycles. The first-order valence-electron chi connectivity index (χ1n) is 7.97. The van der Waals surface area contributed by atoms with Gasteiger partial charge < -0.3 is 4.98 Å². The summed E-state index contributed by atoms with van der Waals surface area (Å²) < 4.78 is 2.21. The van der Waals surface area contributed by atoms with Crippen LogP contribution >= 0.6 is 34.4 Å². The van der Waals surface area contributed by atoms with Crippen molar-refractivity contribution in [3.05, 3.63) is 48.4 Å². The topological polar surface area (TPSA) is 80.6 Å². The summed E-state index contributed by atoms with van der Waals surface area (Å²) in [5.41, 5.74) is 1.52. The summed E-state index contributed by atoms with van der Waals surface area (Å²) in [5.74, 6) is 0.591. The van der Waals surface area contributed by atoms with Crippen LogP contribution in [0.1, 0.15) is 28.4 Å². The Morgan fingerprint density at radius 2 is 2.04 bits per heavy atom. The highest BCUT2D eigenvalue weighted by molar-refractivity contribution is 7.99. The smallest absolute Gasteiger partial charge is 0.271 e. The summed E-state index contributed by atoms with van der Waals surface area (Å²) in [6.07, 6.45) is 0. The third kappa shape index (κ3) is 2.70. The molecule has 0 aromatic carbocycles. The number of hydrogen-bond acceptors (Lipinski definition) is 7. The molecule has 1 atom stereocenters. The predicted molar refractivity (Wildman–Crippen MR) is 109 cm³/mol. The second kappa shape index (κ2) is 6.33. The lowest BCUT2D eigenvalue weighted by molar-refractivity contribution is 0.724. The van der Waals surface area contributed by atoms with E-state index in [2.05, 4.69) is 15.0 Å². The van der Waals surface area contributed by atoms with Gasteiger partial charge in [-0.05, 0) is 37.8 Å². The number of nitrogens with zero attached hydrogens (tertiary/aromatic N) is 3. The molecule has 0 radical (unpaired) electrons. The SMILES string of the molecule is Cc1sc2nc(C(C)Sc3nc4ccsc4c(=O)n3C)[nH]c(=O)c2c1C. The lowest BCUT2D eigenvalue weighted by atomic mass is 10.2. The van der Waals surface area contributed by atoms with E-state index in [0.717, 1.165) is 15.3 Å². The first-order chi connectivity index (χ1) is 12.4. The summed E-state index contributed by atoms with van der Waals surface area (Å²) in [6, 6.07) is 1.85. The van der Waals surface area contributed by atoms with Gasteiger partial charge in [-0.1, -0.05) is 11.8 Å². The number of thiophene rings is 2. The number of hydrogen-bond donors (Lipinski definition) is 1. The van der Waals surface area contributed by atoms with Gasteiger partial charge in [0.2, 0.25) is 0 Å². The van der Waals surface area contributed by atoms with E-state index in [-0.39, 0.29) is 16.4 Å². The second-order valence-electron chi connectivity index (χ2n) is 6.07. The van der Waals surface area contributed by atoms with Crippen LogP contribution in [0.4, 0.5) is 0 Å². The number of thioether (sulfide) groups is 1. The van der Waals surface area contributed by atoms with Crippen LogP contribution in [0.3, 0.4) is 0 Å². The molecule has 26 heavy (non-hydrogen) atoms. The Hall–Kier alpha value is -1.97. The number of aromatic nitrogens is 4. The highest BCUT2D eigenvalue weighted by Gasteiger charge is 2.18. The maximum Gasteiger partial charge on any atom is 0.271 e. The number of aromatic amines is 1. The van der Waals surface area contributed by atoms with Gasteiger partial charge in [-0.15, -0.1) is 22.7 Å². The lowest BCUT2D eigenvalue weighted by Crippen LogP contribution is -2.19. The fourth-order valence-electron chi connectivity index (χ4n) is 2.75. The van der Waals surface area contributed by atoms with Gasteiger partial charge in [0.05, 0.1) is 16.2 Å². The minimum absolute atomic E-state index is 0.0545.